The van der Waals surface area contributed by atoms with Crippen LogP contribution in [0.15, 0.2) is 0 Å². The van der Waals surface area contributed by atoms with Gasteiger partial charge in [0.05, 0.1) is 0 Å². The zero-order valence-electron chi connectivity index (χ0n) is 18.1. The Bertz CT molecular complexity index is 727. The van der Waals surface area contributed by atoms with Gasteiger partial charge in [0.25, 0.3) is 0 Å². The van der Waals surface area contributed by atoms with Crippen LogP contribution in [0.25, 0.3) is 0 Å². The monoisotopic (exact) mass is 406 g/mol. The molecule has 4 amide bonds. The highest BCUT2D eigenvalue weighted by atomic mass is 16.2. The van der Waals surface area contributed by atoms with Crippen molar-refractivity contribution in [3.8, 4) is 0 Å². The highest BCUT2D eigenvalue weighted by molar-refractivity contribution is 5.93. The van der Waals surface area contributed by atoms with Crippen LogP contribution >= 0.6 is 0 Å². The number of hydrogen-bond acceptors (Lipinski definition) is 4. The second kappa shape index (κ2) is 7.29. The van der Waals surface area contributed by atoms with Crippen LogP contribution in [0.5, 0.6) is 0 Å². The summed E-state index contributed by atoms with van der Waals surface area (Å²) in [6, 6.07) is -1.51. The molecule has 0 aromatic carbocycles. The van der Waals surface area contributed by atoms with E-state index in [9.17, 15) is 19.2 Å². The third-order valence-corrected chi connectivity index (χ3v) is 6.82. The molecule has 0 aromatic heterocycles. The van der Waals surface area contributed by atoms with Crippen molar-refractivity contribution in [2.75, 3.05) is 13.1 Å². The first kappa shape index (κ1) is 21.6. The Morgan fingerprint density at radius 3 is 2.48 bits per heavy atom. The summed E-state index contributed by atoms with van der Waals surface area (Å²) in [5.41, 5.74) is 5.34. The topological polar surface area (TPSA) is 122 Å². The van der Waals surface area contributed by atoms with E-state index in [1.54, 1.807) is 4.90 Å². The quantitative estimate of drug-likeness (QED) is 0.591. The SMILES string of the molecule is CC(C)(C)CC(=O)N1C[C@H]2[C@@H]([C@H]1C(=O)N[C@@H](C[C@@H]1CCNC1=O)C(N)=O)C2(C)C. The molecule has 3 fully saturated rings. The van der Waals surface area contributed by atoms with Gasteiger partial charge < -0.3 is 21.3 Å². The van der Waals surface area contributed by atoms with Crippen molar-refractivity contribution in [1.29, 1.82) is 0 Å². The summed E-state index contributed by atoms with van der Waals surface area (Å²) in [5, 5.41) is 5.49. The Morgan fingerprint density at radius 2 is 1.97 bits per heavy atom. The van der Waals surface area contributed by atoms with Crippen LogP contribution in [0.1, 0.15) is 53.9 Å². The molecule has 1 aliphatic carbocycles. The van der Waals surface area contributed by atoms with Crippen LogP contribution in [0.3, 0.4) is 0 Å². The van der Waals surface area contributed by atoms with Gasteiger partial charge in [-0.3, -0.25) is 19.2 Å². The third kappa shape index (κ3) is 4.26. The maximum Gasteiger partial charge on any atom is 0.243 e. The lowest BCUT2D eigenvalue weighted by molar-refractivity contribution is -0.142. The molecule has 3 rings (SSSR count). The third-order valence-electron chi connectivity index (χ3n) is 6.82. The lowest BCUT2D eigenvalue weighted by Gasteiger charge is -2.33. The maximum absolute atomic E-state index is 13.2. The number of carbonyl (C=O) groups excluding carboxylic acids is 4. The average Bonchev–Trinajstić information content (AvgIpc) is 2.97. The van der Waals surface area contributed by atoms with Crippen molar-refractivity contribution in [2.45, 2.75) is 66.0 Å². The van der Waals surface area contributed by atoms with Crippen LogP contribution in [-0.4, -0.2) is 53.7 Å². The molecule has 2 aliphatic heterocycles. The van der Waals surface area contributed by atoms with E-state index in [0.717, 1.165) is 0 Å². The van der Waals surface area contributed by atoms with Crippen LogP contribution in [0.2, 0.25) is 0 Å². The molecule has 29 heavy (non-hydrogen) atoms. The first-order chi connectivity index (χ1) is 13.3. The molecule has 0 bridgehead atoms. The molecule has 4 N–H and O–H groups in total. The van der Waals surface area contributed by atoms with E-state index in [-0.39, 0.29) is 52.7 Å². The fourth-order valence-corrected chi connectivity index (χ4v) is 5.06. The summed E-state index contributed by atoms with van der Waals surface area (Å²) in [4.78, 5) is 51.6. The number of nitrogens with one attached hydrogen (secondary N) is 2. The molecule has 8 nitrogen and oxygen atoms in total. The standard InChI is InChI=1S/C21H34N4O4/c1-20(2,3)9-14(26)25-10-12-15(21(12,4)5)16(25)19(29)24-13(17(22)27)8-11-6-7-23-18(11)28/h11-13,15-16H,6-10H2,1-5H3,(H2,22,27)(H,23,28)(H,24,29)/t11-,12-,13-,15-,16-/m0/s1. The summed E-state index contributed by atoms with van der Waals surface area (Å²) in [5.74, 6) is -1.12. The van der Waals surface area contributed by atoms with Gasteiger partial charge in [-0.05, 0) is 35.5 Å². The minimum Gasteiger partial charge on any atom is -0.368 e. The minimum atomic E-state index is -0.920. The molecular formula is C21H34N4O4. The largest absolute Gasteiger partial charge is 0.368 e. The number of rotatable bonds is 6. The van der Waals surface area contributed by atoms with Gasteiger partial charge in [0.2, 0.25) is 23.6 Å². The molecule has 5 atom stereocenters. The number of likely N-dealkylation sites (tertiary alicyclic amines) is 1. The lowest BCUT2D eigenvalue weighted by Crippen LogP contribution is -2.55. The van der Waals surface area contributed by atoms with E-state index < -0.39 is 18.0 Å². The molecule has 162 valence electrons. The van der Waals surface area contributed by atoms with Crippen molar-refractivity contribution in [1.82, 2.24) is 15.5 Å². The molecule has 0 unspecified atom stereocenters. The Morgan fingerprint density at radius 1 is 1.31 bits per heavy atom. The Labute approximate surface area is 172 Å². The Kier molecular flexibility index (Phi) is 5.43. The fourth-order valence-electron chi connectivity index (χ4n) is 5.06. The number of amides is 4. The second-order valence-electron chi connectivity index (χ2n) is 10.7. The number of primary amides is 1. The minimum absolute atomic E-state index is 0.00588. The number of carbonyl (C=O) groups is 4. The second-order valence-corrected chi connectivity index (χ2v) is 10.7. The van der Waals surface area contributed by atoms with Crippen LogP contribution in [0, 0.1) is 28.6 Å². The maximum atomic E-state index is 13.2. The summed E-state index contributed by atoms with van der Waals surface area (Å²) < 4.78 is 0. The van der Waals surface area contributed by atoms with E-state index in [1.165, 1.54) is 0 Å². The van der Waals surface area contributed by atoms with Gasteiger partial charge in [-0.2, -0.15) is 0 Å². The zero-order chi connectivity index (χ0) is 21.7. The highest BCUT2D eigenvalue weighted by Gasteiger charge is 2.69. The number of nitrogens with zero attached hydrogens (tertiary/aromatic N) is 1. The molecule has 0 radical (unpaired) electrons. The number of fused-ring (bicyclic) bond motifs is 1. The Balaban J connectivity index is 1.73. The van der Waals surface area contributed by atoms with Crippen LogP contribution in [-0.2, 0) is 19.2 Å². The van der Waals surface area contributed by atoms with Crippen molar-refractivity contribution in [2.24, 2.45) is 34.3 Å². The van der Waals surface area contributed by atoms with Gasteiger partial charge >= 0.3 is 0 Å². The van der Waals surface area contributed by atoms with Crippen molar-refractivity contribution < 1.29 is 19.2 Å². The molecule has 2 heterocycles. The number of nitrogens with two attached hydrogens (primary N) is 1. The van der Waals surface area contributed by atoms with Gasteiger partial charge in [-0.25, -0.2) is 0 Å². The number of piperidine rings is 1. The van der Waals surface area contributed by atoms with Crippen LogP contribution in [0.4, 0.5) is 0 Å². The normalized spacial score (nSPS) is 31.1. The fraction of sp³-hybridized carbons (Fsp3) is 0.810. The summed E-state index contributed by atoms with van der Waals surface area (Å²) in [6.45, 7) is 11.4. The molecule has 8 heteroatoms. The summed E-state index contributed by atoms with van der Waals surface area (Å²) in [7, 11) is 0. The molecule has 0 spiro atoms. The zero-order valence-corrected chi connectivity index (χ0v) is 18.1. The predicted molar refractivity (Wildman–Crippen MR) is 107 cm³/mol. The molecule has 0 aromatic rings. The van der Waals surface area contributed by atoms with Gasteiger partial charge in [-0.15, -0.1) is 0 Å². The highest BCUT2D eigenvalue weighted by Crippen LogP contribution is 2.65. The Hall–Kier alpha value is -2.12. The van der Waals surface area contributed by atoms with Gasteiger partial charge in [0.1, 0.15) is 12.1 Å². The van der Waals surface area contributed by atoms with Gasteiger partial charge in [0, 0.05) is 25.4 Å². The number of hydrogen-bond donors (Lipinski definition) is 3. The van der Waals surface area contributed by atoms with Crippen LogP contribution < -0.4 is 16.4 Å². The average molecular weight is 407 g/mol. The molecular weight excluding hydrogens is 372 g/mol. The van der Waals surface area contributed by atoms with Gasteiger partial charge in [-0.1, -0.05) is 34.6 Å². The summed E-state index contributed by atoms with van der Waals surface area (Å²) in [6.07, 6.45) is 1.17. The molecule has 3 aliphatic rings. The first-order valence-electron chi connectivity index (χ1n) is 10.5. The van der Waals surface area contributed by atoms with Crippen molar-refractivity contribution in [3.63, 3.8) is 0 Å². The van der Waals surface area contributed by atoms with E-state index in [4.69, 9.17) is 5.73 Å². The lowest BCUT2D eigenvalue weighted by atomic mass is 9.90. The van der Waals surface area contributed by atoms with Crippen molar-refractivity contribution >= 4 is 23.6 Å². The van der Waals surface area contributed by atoms with E-state index in [0.29, 0.717) is 25.9 Å². The molecule has 2 saturated heterocycles. The van der Waals surface area contributed by atoms with E-state index in [2.05, 4.69) is 24.5 Å². The van der Waals surface area contributed by atoms with Crippen molar-refractivity contribution in [3.05, 3.63) is 0 Å². The summed E-state index contributed by atoms with van der Waals surface area (Å²) >= 11 is 0. The van der Waals surface area contributed by atoms with Gasteiger partial charge in [0.15, 0.2) is 0 Å². The van der Waals surface area contributed by atoms with E-state index >= 15 is 0 Å². The predicted octanol–water partition coefficient (Wildman–Crippen LogP) is 0.402. The smallest absolute Gasteiger partial charge is 0.243 e. The van der Waals surface area contributed by atoms with E-state index in [1.807, 2.05) is 20.8 Å². The first-order valence-corrected chi connectivity index (χ1v) is 10.5. The molecule has 1 saturated carbocycles.